The van der Waals surface area contributed by atoms with E-state index >= 15 is 0 Å². The summed E-state index contributed by atoms with van der Waals surface area (Å²) in [5, 5.41) is 8.53. The average Bonchev–Trinajstić information content (AvgIpc) is 2.26. The largest absolute Gasteiger partial charge is 0.573 e. The van der Waals surface area contributed by atoms with Gasteiger partial charge in [0.1, 0.15) is 11.8 Å². The second-order valence-electron chi connectivity index (χ2n) is 3.04. The van der Waals surface area contributed by atoms with Crippen LogP contribution in [0.25, 0.3) is 0 Å². The Kier molecular flexibility index (Phi) is 4.03. The average molecular weight is 267 g/mol. The van der Waals surface area contributed by atoms with Crippen LogP contribution in [-0.2, 0) is 6.54 Å². The van der Waals surface area contributed by atoms with Gasteiger partial charge < -0.3 is 10.5 Å². The molecule has 1 aromatic rings. The van der Waals surface area contributed by atoms with E-state index in [-0.39, 0.29) is 0 Å². The van der Waals surface area contributed by atoms with Crippen LogP contribution in [0.4, 0.5) is 22.0 Å². The molecule has 0 radical (unpaired) electrons. The smallest absolute Gasteiger partial charge is 0.403 e. The van der Waals surface area contributed by atoms with Gasteiger partial charge >= 0.3 is 6.36 Å². The van der Waals surface area contributed by atoms with E-state index in [2.05, 4.69) is 9.72 Å². The van der Waals surface area contributed by atoms with Gasteiger partial charge in [-0.1, -0.05) is 0 Å². The van der Waals surface area contributed by atoms with Crippen molar-refractivity contribution in [2.24, 2.45) is 5.73 Å². The molecule has 0 amide bonds. The van der Waals surface area contributed by atoms with Gasteiger partial charge in [0.15, 0.2) is 5.75 Å². The van der Waals surface area contributed by atoms with Crippen LogP contribution in [0.5, 0.6) is 5.75 Å². The number of hydrogen-bond donors (Lipinski definition) is 1. The van der Waals surface area contributed by atoms with Crippen molar-refractivity contribution in [2.75, 3.05) is 0 Å². The minimum atomic E-state index is -5.15. The third-order valence-electron chi connectivity index (χ3n) is 1.83. The van der Waals surface area contributed by atoms with E-state index in [9.17, 15) is 22.0 Å². The second kappa shape index (κ2) is 5.14. The van der Waals surface area contributed by atoms with Gasteiger partial charge in [0.05, 0.1) is 11.3 Å². The summed E-state index contributed by atoms with van der Waals surface area (Å²) in [6.07, 6.45) is -8.40. The second-order valence-corrected chi connectivity index (χ2v) is 3.04. The first-order chi connectivity index (χ1) is 8.28. The molecular weight excluding hydrogens is 261 g/mol. The fraction of sp³-hybridized carbons (Fsp3) is 0.333. The van der Waals surface area contributed by atoms with Crippen molar-refractivity contribution in [2.45, 2.75) is 19.3 Å². The lowest BCUT2D eigenvalue weighted by Gasteiger charge is -2.15. The lowest BCUT2D eigenvalue weighted by molar-refractivity contribution is -0.275. The highest BCUT2D eigenvalue weighted by molar-refractivity contribution is 5.43. The Morgan fingerprint density at radius 1 is 1.44 bits per heavy atom. The number of rotatable bonds is 3. The van der Waals surface area contributed by atoms with Crippen LogP contribution >= 0.6 is 0 Å². The molecule has 1 aromatic heterocycles. The Balaban J connectivity index is 3.41. The van der Waals surface area contributed by atoms with Crippen molar-refractivity contribution in [3.8, 4) is 11.8 Å². The van der Waals surface area contributed by atoms with E-state index in [0.717, 1.165) is 0 Å². The van der Waals surface area contributed by atoms with Crippen molar-refractivity contribution >= 4 is 0 Å². The lowest BCUT2D eigenvalue weighted by Crippen LogP contribution is -2.21. The standard InChI is InChI=1S/C9H6F5N3O/c10-8(11)5-1-4(2-15)17-6(3-16)7(5)18-9(12,13)14/h1,8H,3,16H2. The zero-order chi connectivity index (χ0) is 13.9. The molecule has 0 aliphatic carbocycles. The number of nitrogens with two attached hydrogens (primary N) is 1. The highest BCUT2D eigenvalue weighted by atomic mass is 19.4. The van der Waals surface area contributed by atoms with Gasteiger partial charge in [-0.2, -0.15) is 5.26 Å². The first-order valence-corrected chi connectivity index (χ1v) is 4.46. The minimum absolute atomic E-state index is 0.458. The van der Waals surface area contributed by atoms with E-state index in [1.165, 1.54) is 6.07 Å². The number of pyridine rings is 1. The number of halogens is 5. The molecule has 0 fully saturated rings. The molecule has 1 rings (SSSR count). The maximum absolute atomic E-state index is 12.6. The van der Waals surface area contributed by atoms with Crippen LogP contribution in [0.15, 0.2) is 6.07 Å². The van der Waals surface area contributed by atoms with Crippen LogP contribution in [0.2, 0.25) is 0 Å². The maximum atomic E-state index is 12.6. The van der Waals surface area contributed by atoms with Crippen molar-refractivity contribution in [3.63, 3.8) is 0 Å². The van der Waals surface area contributed by atoms with Gasteiger partial charge in [0.25, 0.3) is 6.43 Å². The number of alkyl halides is 5. The van der Waals surface area contributed by atoms with E-state index in [0.29, 0.717) is 6.07 Å². The molecule has 9 heteroatoms. The maximum Gasteiger partial charge on any atom is 0.573 e. The van der Waals surface area contributed by atoms with Gasteiger partial charge in [-0.3, -0.25) is 0 Å². The Hall–Kier alpha value is -1.95. The Morgan fingerprint density at radius 2 is 2.06 bits per heavy atom. The molecule has 0 atom stereocenters. The van der Waals surface area contributed by atoms with Gasteiger partial charge in [-0.25, -0.2) is 13.8 Å². The zero-order valence-electron chi connectivity index (χ0n) is 8.63. The molecule has 0 bridgehead atoms. The first-order valence-electron chi connectivity index (χ1n) is 4.46. The topological polar surface area (TPSA) is 71.9 Å². The molecule has 1 heterocycles. The lowest BCUT2D eigenvalue weighted by atomic mass is 10.1. The molecule has 0 saturated heterocycles. The summed E-state index contributed by atoms with van der Waals surface area (Å²) < 4.78 is 65.0. The summed E-state index contributed by atoms with van der Waals surface area (Å²) in [7, 11) is 0. The van der Waals surface area contributed by atoms with Crippen molar-refractivity contribution < 1.29 is 26.7 Å². The normalized spacial score (nSPS) is 11.4. The minimum Gasteiger partial charge on any atom is -0.403 e. The van der Waals surface area contributed by atoms with Crippen LogP contribution in [0.1, 0.15) is 23.4 Å². The highest BCUT2D eigenvalue weighted by Crippen LogP contribution is 2.35. The Morgan fingerprint density at radius 3 is 2.44 bits per heavy atom. The predicted molar refractivity (Wildman–Crippen MR) is 48.5 cm³/mol. The number of nitriles is 1. The quantitative estimate of drug-likeness (QED) is 0.852. The monoisotopic (exact) mass is 267 g/mol. The fourth-order valence-electron chi connectivity index (χ4n) is 1.20. The summed E-state index contributed by atoms with van der Waals surface area (Å²) in [4.78, 5) is 3.39. The molecule has 98 valence electrons. The molecule has 0 saturated carbocycles. The third kappa shape index (κ3) is 3.27. The summed E-state index contributed by atoms with van der Waals surface area (Å²) in [5.74, 6) is -1.15. The molecule has 2 N–H and O–H groups in total. The van der Waals surface area contributed by atoms with Crippen LogP contribution in [0, 0.1) is 11.3 Å². The molecule has 18 heavy (non-hydrogen) atoms. The fourth-order valence-corrected chi connectivity index (χ4v) is 1.20. The predicted octanol–water partition coefficient (Wildman–Crippen LogP) is 2.25. The third-order valence-corrected chi connectivity index (χ3v) is 1.83. The summed E-state index contributed by atoms with van der Waals surface area (Å²) in [5.41, 5.74) is 3.02. The summed E-state index contributed by atoms with van der Waals surface area (Å²) in [6, 6.07) is 1.98. The van der Waals surface area contributed by atoms with Crippen LogP contribution < -0.4 is 10.5 Å². The molecule has 0 aliphatic rings. The number of nitrogens with zero attached hydrogens (tertiary/aromatic N) is 2. The Bertz CT molecular complexity index is 480. The highest BCUT2D eigenvalue weighted by Gasteiger charge is 2.35. The molecular formula is C9H6F5N3O. The summed E-state index contributed by atoms with van der Waals surface area (Å²) in [6.45, 7) is -0.569. The number of aromatic nitrogens is 1. The van der Waals surface area contributed by atoms with Gasteiger partial charge in [0, 0.05) is 6.54 Å². The van der Waals surface area contributed by atoms with Gasteiger partial charge in [-0.15, -0.1) is 13.2 Å². The molecule has 0 unspecified atom stereocenters. The molecule has 4 nitrogen and oxygen atoms in total. The van der Waals surface area contributed by atoms with Gasteiger partial charge in [-0.05, 0) is 6.07 Å². The van der Waals surface area contributed by atoms with Crippen molar-refractivity contribution in [3.05, 3.63) is 23.0 Å². The van der Waals surface area contributed by atoms with Crippen molar-refractivity contribution in [1.82, 2.24) is 4.98 Å². The molecule has 0 aliphatic heterocycles. The van der Waals surface area contributed by atoms with E-state index in [1.807, 2.05) is 0 Å². The summed E-state index contributed by atoms with van der Waals surface area (Å²) >= 11 is 0. The van der Waals surface area contributed by atoms with Crippen LogP contribution in [0.3, 0.4) is 0 Å². The van der Waals surface area contributed by atoms with Crippen molar-refractivity contribution in [1.29, 1.82) is 5.26 Å². The molecule has 0 spiro atoms. The van der Waals surface area contributed by atoms with Crippen LogP contribution in [-0.4, -0.2) is 11.3 Å². The SMILES string of the molecule is N#Cc1cc(C(F)F)c(OC(F)(F)F)c(CN)n1. The molecule has 0 aromatic carbocycles. The number of hydrogen-bond acceptors (Lipinski definition) is 4. The van der Waals surface area contributed by atoms with E-state index in [4.69, 9.17) is 11.0 Å². The van der Waals surface area contributed by atoms with Gasteiger partial charge in [0.2, 0.25) is 0 Å². The van der Waals surface area contributed by atoms with E-state index < -0.39 is 42.0 Å². The first kappa shape index (κ1) is 14.1. The number of ether oxygens (including phenoxy) is 1. The zero-order valence-corrected chi connectivity index (χ0v) is 8.63. The van der Waals surface area contributed by atoms with E-state index in [1.54, 1.807) is 0 Å². The Labute approximate surface area is 97.8 Å².